The lowest BCUT2D eigenvalue weighted by Crippen LogP contribution is -2.51. The minimum atomic E-state index is -0.678. The van der Waals surface area contributed by atoms with E-state index in [1.165, 1.54) is 0 Å². The number of para-hydroxylation sites is 1. The van der Waals surface area contributed by atoms with Gasteiger partial charge in [0.1, 0.15) is 11.8 Å². The quantitative estimate of drug-likeness (QED) is 0.432. The molecule has 2 amide bonds. The Hall–Kier alpha value is -3.31. The molecule has 0 spiro atoms. The zero-order chi connectivity index (χ0) is 24.5. The highest BCUT2D eigenvalue weighted by Gasteiger charge is 2.31. The molecular formula is C28H31ClN2O3. The van der Waals surface area contributed by atoms with Gasteiger partial charge in [-0.3, -0.25) is 9.59 Å². The number of rotatable bonds is 10. The molecule has 1 atom stereocenters. The number of hydrogen-bond acceptors (Lipinski definition) is 3. The predicted molar refractivity (Wildman–Crippen MR) is 136 cm³/mol. The molecule has 5 nitrogen and oxygen atoms in total. The average molecular weight is 479 g/mol. The summed E-state index contributed by atoms with van der Waals surface area (Å²) in [5.74, 6) is 0.160. The molecule has 0 aliphatic rings. The van der Waals surface area contributed by atoms with E-state index < -0.39 is 6.04 Å². The molecule has 0 bridgehead atoms. The van der Waals surface area contributed by atoms with E-state index in [-0.39, 0.29) is 17.7 Å². The van der Waals surface area contributed by atoms with Gasteiger partial charge in [0.25, 0.3) is 0 Å². The summed E-state index contributed by atoms with van der Waals surface area (Å²) >= 11 is 6.05. The summed E-state index contributed by atoms with van der Waals surface area (Å²) in [6.07, 6.45) is 0.407. The Labute approximate surface area is 206 Å². The normalized spacial score (nSPS) is 11.7. The molecule has 0 radical (unpaired) electrons. The Morgan fingerprint density at radius 1 is 0.912 bits per heavy atom. The fourth-order valence-electron chi connectivity index (χ4n) is 3.79. The van der Waals surface area contributed by atoms with Crippen molar-refractivity contribution < 1.29 is 14.3 Å². The molecule has 0 saturated heterocycles. The van der Waals surface area contributed by atoms with Gasteiger partial charge in [-0.05, 0) is 29.3 Å². The van der Waals surface area contributed by atoms with Gasteiger partial charge in [0, 0.05) is 36.0 Å². The van der Waals surface area contributed by atoms with Gasteiger partial charge in [-0.1, -0.05) is 86.1 Å². The van der Waals surface area contributed by atoms with Crippen LogP contribution in [0.5, 0.6) is 5.75 Å². The number of nitrogens with one attached hydrogen (secondary N) is 1. The fourth-order valence-corrected chi connectivity index (χ4v) is 3.92. The van der Waals surface area contributed by atoms with E-state index in [9.17, 15) is 9.59 Å². The van der Waals surface area contributed by atoms with Crippen molar-refractivity contribution in [2.45, 2.75) is 39.4 Å². The van der Waals surface area contributed by atoms with Crippen molar-refractivity contribution in [1.29, 1.82) is 0 Å². The minimum absolute atomic E-state index is 0.0803. The maximum atomic E-state index is 13.6. The fraction of sp³-hybridized carbons (Fsp3) is 0.286. The van der Waals surface area contributed by atoms with Crippen LogP contribution in [0.1, 0.15) is 30.5 Å². The Morgan fingerprint density at radius 2 is 1.56 bits per heavy atom. The van der Waals surface area contributed by atoms with Crippen molar-refractivity contribution in [3.05, 3.63) is 101 Å². The van der Waals surface area contributed by atoms with Crippen LogP contribution < -0.4 is 10.1 Å². The first kappa shape index (κ1) is 25.3. The lowest BCUT2D eigenvalue weighted by molar-refractivity contribution is -0.143. The number of halogens is 1. The van der Waals surface area contributed by atoms with E-state index in [1.807, 2.05) is 80.6 Å². The van der Waals surface area contributed by atoms with Crippen LogP contribution in [0.2, 0.25) is 5.02 Å². The van der Waals surface area contributed by atoms with Gasteiger partial charge in [-0.2, -0.15) is 0 Å². The van der Waals surface area contributed by atoms with Crippen molar-refractivity contribution in [3.63, 3.8) is 0 Å². The van der Waals surface area contributed by atoms with Gasteiger partial charge in [-0.15, -0.1) is 0 Å². The molecule has 0 aliphatic carbocycles. The highest BCUT2D eigenvalue weighted by molar-refractivity contribution is 6.30. The number of amides is 2. The minimum Gasteiger partial charge on any atom is -0.496 e. The van der Waals surface area contributed by atoms with Crippen molar-refractivity contribution in [2.24, 2.45) is 5.92 Å². The molecule has 3 rings (SSSR count). The second-order valence-corrected chi connectivity index (χ2v) is 8.92. The topological polar surface area (TPSA) is 58.6 Å². The molecule has 1 unspecified atom stereocenters. The highest BCUT2D eigenvalue weighted by Crippen LogP contribution is 2.20. The third-order valence-electron chi connectivity index (χ3n) is 5.64. The number of ether oxygens (including phenoxy) is 1. The second-order valence-electron chi connectivity index (χ2n) is 8.48. The molecule has 178 valence electrons. The summed E-state index contributed by atoms with van der Waals surface area (Å²) in [6.45, 7) is 4.32. The smallest absolute Gasteiger partial charge is 0.243 e. The van der Waals surface area contributed by atoms with E-state index in [0.29, 0.717) is 30.3 Å². The van der Waals surface area contributed by atoms with Crippen LogP contribution in [-0.2, 0) is 29.1 Å². The molecule has 0 saturated carbocycles. The standard InChI is InChI=1S/C28H31ClN2O3/c1-20(2)28(33)31(19-22-13-15-24(29)16-14-22)25(17-21-9-5-4-6-10-21)27(32)30-18-23-11-7-8-12-26(23)34-3/h4-16,20,25H,17-19H2,1-3H3,(H,30,32). The van der Waals surface area contributed by atoms with Crippen LogP contribution >= 0.6 is 11.6 Å². The maximum Gasteiger partial charge on any atom is 0.243 e. The molecule has 1 N–H and O–H groups in total. The van der Waals surface area contributed by atoms with Gasteiger partial charge in [0.05, 0.1) is 7.11 Å². The third kappa shape index (κ3) is 6.84. The van der Waals surface area contributed by atoms with Crippen molar-refractivity contribution in [2.75, 3.05) is 7.11 Å². The number of methoxy groups -OCH3 is 1. The predicted octanol–water partition coefficient (Wildman–Crippen LogP) is 5.26. The van der Waals surface area contributed by atoms with Crippen molar-refractivity contribution in [1.82, 2.24) is 10.2 Å². The van der Waals surface area contributed by atoms with Crippen LogP contribution in [0.25, 0.3) is 0 Å². The Kier molecular flexibility index (Phi) is 9.11. The van der Waals surface area contributed by atoms with Crippen LogP contribution in [0.3, 0.4) is 0 Å². The molecule has 0 aliphatic heterocycles. The number of nitrogens with zero attached hydrogens (tertiary/aromatic N) is 1. The summed E-state index contributed by atoms with van der Waals surface area (Å²) in [5, 5.41) is 3.66. The van der Waals surface area contributed by atoms with E-state index in [4.69, 9.17) is 16.3 Å². The third-order valence-corrected chi connectivity index (χ3v) is 5.89. The maximum absolute atomic E-state index is 13.6. The summed E-state index contributed by atoms with van der Waals surface area (Å²) in [4.78, 5) is 28.6. The molecule has 0 fully saturated rings. The Morgan fingerprint density at radius 3 is 2.21 bits per heavy atom. The zero-order valence-electron chi connectivity index (χ0n) is 19.8. The Balaban J connectivity index is 1.90. The Bertz CT molecular complexity index is 1080. The van der Waals surface area contributed by atoms with Crippen molar-refractivity contribution in [3.8, 4) is 5.75 Å². The molecule has 3 aromatic carbocycles. The summed E-state index contributed by atoms with van der Waals surface area (Å²) in [6, 6.07) is 24.0. The molecule has 0 heterocycles. The lowest BCUT2D eigenvalue weighted by Gasteiger charge is -2.33. The monoisotopic (exact) mass is 478 g/mol. The van der Waals surface area contributed by atoms with E-state index >= 15 is 0 Å². The second kappa shape index (κ2) is 12.2. The molecule has 6 heteroatoms. The van der Waals surface area contributed by atoms with Crippen LogP contribution in [0.4, 0.5) is 0 Å². The number of hydrogen-bond donors (Lipinski definition) is 1. The van der Waals surface area contributed by atoms with Crippen LogP contribution in [0.15, 0.2) is 78.9 Å². The molecule has 3 aromatic rings. The molecule has 0 aromatic heterocycles. The number of carbonyl (C=O) groups excluding carboxylic acids is 2. The first-order chi connectivity index (χ1) is 16.4. The summed E-state index contributed by atoms with van der Waals surface area (Å²) in [7, 11) is 1.61. The average Bonchev–Trinajstić information content (AvgIpc) is 2.86. The molecular weight excluding hydrogens is 448 g/mol. The summed E-state index contributed by atoms with van der Waals surface area (Å²) < 4.78 is 5.41. The van der Waals surface area contributed by atoms with E-state index in [1.54, 1.807) is 24.1 Å². The van der Waals surface area contributed by atoms with Gasteiger partial charge in [-0.25, -0.2) is 0 Å². The number of benzene rings is 3. The van der Waals surface area contributed by atoms with Gasteiger partial charge >= 0.3 is 0 Å². The first-order valence-corrected chi connectivity index (χ1v) is 11.7. The largest absolute Gasteiger partial charge is 0.496 e. The lowest BCUT2D eigenvalue weighted by atomic mass is 10.0. The van der Waals surface area contributed by atoms with Crippen LogP contribution in [-0.4, -0.2) is 29.9 Å². The van der Waals surface area contributed by atoms with Gasteiger partial charge in [0.15, 0.2) is 0 Å². The highest BCUT2D eigenvalue weighted by atomic mass is 35.5. The molecule has 34 heavy (non-hydrogen) atoms. The SMILES string of the molecule is COc1ccccc1CNC(=O)C(Cc1ccccc1)N(Cc1ccc(Cl)cc1)C(=O)C(C)C. The zero-order valence-corrected chi connectivity index (χ0v) is 20.6. The van der Waals surface area contributed by atoms with Gasteiger partial charge in [0.2, 0.25) is 11.8 Å². The van der Waals surface area contributed by atoms with Crippen LogP contribution in [0, 0.1) is 5.92 Å². The van der Waals surface area contributed by atoms with Crippen molar-refractivity contribution >= 4 is 23.4 Å². The number of carbonyl (C=O) groups is 2. The van der Waals surface area contributed by atoms with E-state index in [2.05, 4.69) is 5.32 Å². The van der Waals surface area contributed by atoms with E-state index in [0.717, 1.165) is 16.7 Å². The first-order valence-electron chi connectivity index (χ1n) is 11.4. The summed E-state index contributed by atoms with van der Waals surface area (Å²) in [5.41, 5.74) is 2.77. The van der Waals surface area contributed by atoms with Gasteiger partial charge < -0.3 is 15.0 Å².